The molecule has 0 bridgehead atoms. The Hall–Kier alpha value is -1.75. The van der Waals surface area contributed by atoms with Crippen molar-refractivity contribution in [2.75, 3.05) is 18.8 Å². The fourth-order valence-corrected chi connectivity index (χ4v) is 5.87. The first-order chi connectivity index (χ1) is 22.3. The number of hydrogen-bond donors (Lipinski definition) is 0. The van der Waals surface area contributed by atoms with Crippen LogP contribution >= 0.6 is 23.4 Å². The van der Waals surface area contributed by atoms with Crippen molar-refractivity contribution in [1.82, 2.24) is 15.0 Å². The van der Waals surface area contributed by atoms with Crippen LogP contribution < -0.4 is 29.6 Å². The summed E-state index contributed by atoms with van der Waals surface area (Å²) in [5, 5.41) is 8.07. The van der Waals surface area contributed by atoms with Gasteiger partial charge < -0.3 is 12.6 Å². The zero-order chi connectivity index (χ0) is 36.8. The summed E-state index contributed by atoms with van der Waals surface area (Å²) in [6, 6.07) is 6.83. The Labute approximate surface area is 315 Å². The van der Waals surface area contributed by atoms with E-state index in [2.05, 4.69) is 31.9 Å². The molecule has 0 spiro atoms. The Bertz CT molecular complexity index is 1560. The van der Waals surface area contributed by atoms with Crippen molar-refractivity contribution < 1.29 is 73.3 Å². The third-order valence-corrected chi connectivity index (χ3v) is 9.03. The topological polar surface area (TPSA) is 91.9 Å². The molecule has 266 valence electrons. The Kier molecular flexibility index (Phi) is 20.8. The summed E-state index contributed by atoms with van der Waals surface area (Å²) in [6.07, 6.45) is -0.806. The Morgan fingerprint density at radius 1 is 0.878 bits per heavy atom. The van der Waals surface area contributed by atoms with Gasteiger partial charge in [-0.25, -0.2) is 4.21 Å². The number of halogens is 10. The van der Waals surface area contributed by atoms with Crippen LogP contribution in [0.5, 0.6) is 0 Å². The molecule has 3 aromatic heterocycles. The quantitative estimate of drug-likeness (QED) is 0.0890. The largest absolute Gasteiger partial charge is 1.00 e. The molecule has 2 unspecified atom stereocenters. The molecule has 0 radical (unpaired) electrons. The van der Waals surface area contributed by atoms with Crippen molar-refractivity contribution in [3.8, 4) is 6.19 Å². The third kappa shape index (κ3) is 17.3. The van der Waals surface area contributed by atoms with Crippen LogP contribution in [0, 0.1) is 17.4 Å². The predicted octanol–water partition coefficient (Wildman–Crippen LogP) is 6.49. The van der Waals surface area contributed by atoms with E-state index in [0.717, 1.165) is 49.0 Å². The summed E-state index contributed by atoms with van der Waals surface area (Å²) in [5.41, 5.74) is -0.906. The average molecular weight is 790 g/mol. The predicted molar refractivity (Wildman–Crippen MR) is 170 cm³/mol. The molecule has 3 heterocycles. The van der Waals surface area contributed by atoms with Crippen LogP contribution in [-0.2, 0) is 52.5 Å². The molecule has 0 saturated heterocycles. The molecule has 1 aliphatic rings. The van der Waals surface area contributed by atoms with Gasteiger partial charge in [0, 0.05) is 36.5 Å². The van der Waals surface area contributed by atoms with Gasteiger partial charge in [-0.15, -0.1) is 16.0 Å². The molecule has 0 amide bonds. The van der Waals surface area contributed by atoms with Crippen LogP contribution in [-0.4, -0.2) is 37.9 Å². The van der Waals surface area contributed by atoms with E-state index in [1.165, 1.54) is 36.8 Å². The maximum atomic E-state index is 12.5. The van der Waals surface area contributed by atoms with Gasteiger partial charge in [0.25, 0.3) is 0 Å². The fourth-order valence-electron chi connectivity index (χ4n) is 3.65. The first-order valence-corrected chi connectivity index (χ1v) is 18.2. The number of rotatable bonds is 7. The van der Waals surface area contributed by atoms with Crippen LogP contribution in [0.3, 0.4) is 0 Å². The van der Waals surface area contributed by atoms with Gasteiger partial charge in [-0.1, -0.05) is 31.0 Å². The van der Waals surface area contributed by atoms with E-state index in [1.54, 1.807) is 18.0 Å². The van der Waals surface area contributed by atoms with Crippen molar-refractivity contribution in [3.63, 3.8) is 0 Å². The molecule has 2 atom stereocenters. The first-order valence-electron chi connectivity index (χ1n) is 13.4. The van der Waals surface area contributed by atoms with Crippen LogP contribution in [0.2, 0.25) is 0 Å². The first kappa shape index (κ1) is 47.2. The van der Waals surface area contributed by atoms with Crippen molar-refractivity contribution in [2.45, 2.75) is 54.7 Å². The number of hydrogen-bond acceptors (Lipinski definition) is 8. The molecule has 0 aliphatic heterocycles. The van der Waals surface area contributed by atoms with Crippen molar-refractivity contribution >= 4 is 45.7 Å². The van der Waals surface area contributed by atoms with Crippen molar-refractivity contribution in [1.29, 1.82) is 5.26 Å². The number of pyridine rings is 3. The summed E-state index contributed by atoms with van der Waals surface area (Å²) < 4.78 is 125. The molecule has 1 fully saturated rings. The van der Waals surface area contributed by atoms with Crippen LogP contribution in [0.4, 0.5) is 39.5 Å². The minimum absolute atomic E-state index is 0. The number of nitrogens with zero attached hydrogens (tertiary/aromatic N) is 5. The number of alkyl halides is 10. The van der Waals surface area contributed by atoms with Crippen LogP contribution in [0.25, 0.3) is 0 Å². The maximum absolute atomic E-state index is 12.5. The summed E-state index contributed by atoms with van der Waals surface area (Å²) in [6.45, 7) is 0. The average Bonchev–Trinajstić information content (AvgIpc) is 3.85. The second kappa shape index (κ2) is 21.6. The maximum Gasteiger partial charge on any atom is 1.00 e. The van der Waals surface area contributed by atoms with Gasteiger partial charge in [0.15, 0.2) is 0 Å². The summed E-state index contributed by atoms with van der Waals surface area (Å²) in [5.74, 6) is 1.25. The van der Waals surface area contributed by atoms with Gasteiger partial charge in [0.1, 0.15) is 17.1 Å². The Morgan fingerprint density at radius 2 is 1.31 bits per heavy atom. The summed E-state index contributed by atoms with van der Waals surface area (Å²) >= 11 is 11.0. The minimum Gasteiger partial charge on any atom is -0.796 e. The molecular weight excluding hydrogens is 760 g/mol. The van der Waals surface area contributed by atoms with Gasteiger partial charge in [-0.2, -0.15) is 62.8 Å². The van der Waals surface area contributed by atoms with Crippen LogP contribution in [0.1, 0.15) is 58.3 Å². The van der Waals surface area contributed by atoms with E-state index in [4.69, 9.17) is 16.9 Å². The van der Waals surface area contributed by atoms with Gasteiger partial charge in [0.2, 0.25) is 6.19 Å². The van der Waals surface area contributed by atoms with Gasteiger partial charge in [-0.3, -0.25) is 15.0 Å². The molecular formula is C29H30ClF9N5NaOS3. The van der Waals surface area contributed by atoms with Gasteiger partial charge in [-0.05, 0) is 53.5 Å². The molecule has 6 nitrogen and oxygen atoms in total. The standard InChI is InChI=1S/C13H14F3N3OS.C8H8F3NS.C7H5ClF3N.CH4S.Na/c1-21(20,19-8-17)11(6-9-2-3-9)10-4-5-12(18-7-10)13(14,15)16;1-13-5-6-2-3-7(12-4-6)8(9,10)11;8-3-5-1-2-6(12-4-5)7(9,10)11;1-2;/h4-5,7,9,11H,2-3,6H2,1H3;2-4H,5H2,1H3;1-2,4H,3H2;2H,1H3;/q;;;;+1/p-1. The van der Waals surface area contributed by atoms with Crippen molar-refractivity contribution in [2.24, 2.45) is 10.3 Å². The monoisotopic (exact) mass is 789 g/mol. The zero-order valence-electron chi connectivity index (χ0n) is 26.5. The van der Waals surface area contributed by atoms with E-state index < -0.39 is 50.6 Å². The smallest absolute Gasteiger partial charge is 0.796 e. The SMILES string of the molecule is CS(=O)(=NC#N)C(CC1CC1)c1ccc(C(F)(F)F)nc1.CSCc1ccc(C(F)(F)F)nc1.C[S-].FC(F)(F)c1ccc(CCl)cn1.[Na+]. The summed E-state index contributed by atoms with van der Waals surface area (Å²) in [4.78, 5) is 9.94. The van der Waals surface area contributed by atoms with Gasteiger partial charge in [0.05, 0.1) is 15.0 Å². The van der Waals surface area contributed by atoms with E-state index >= 15 is 0 Å². The van der Waals surface area contributed by atoms with E-state index in [1.807, 2.05) is 6.26 Å². The molecule has 20 heteroatoms. The minimum atomic E-state index is -4.50. The fraction of sp³-hybridized carbons (Fsp3) is 0.448. The van der Waals surface area contributed by atoms with Crippen molar-refractivity contribution in [3.05, 3.63) is 88.8 Å². The number of nitriles is 1. The summed E-state index contributed by atoms with van der Waals surface area (Å²) in [7, 11) is -2.84. The molecule has 1 saturated carbocycles. The number of aromatic nitrogens is 3. The van der Waals surface area contributed by atoms with E-state index in [9.17, 15) is 43.7 Å². The molecule has 3 aromatic rings. The Morgan fingerprint density at radius 3 is 1.61 bits per heavy atom. The van der Waals surface area contributed by atoms with E-state index in [0.29, 0.717) is 29.2 Å². The third-order valence-electron chi connectivity index (χ3n) is 6.14. The molecule has 0 N–H and O–H groups in total. The van der Waals surface area contributed by atoms with Gasteiger partial charge >= 0.3 is 48.1 Å². The van der Waals surface area contributed by atoms with E-state index in [-0.39, 0.29) is 35.4 Å². The molecule has 49 heavy (non-hydrogen) atoms. The molecule has 0 aromatic carbocycles. The Balaban J connectivity index is 0.000000716. The zero-order valence-corrected chi connectivity index (χ0v) is 31.7. The normalized spacial score (nSPS) is 14.4. The number of thioether (sulfide) groups is 1. The molecule has 1 aliphatic carbocycles. The molecule has 4 rings (SSSR count). The second-order valence-electron chi connectivity index (χ2n) is 9.86. The van der Waals surface area contributed by atoms with Crippen LogP contribution in [0.15, 0.2) is 59.4 Å². The second-order valence-corrected chi connectivity index (χ2v) is 13.5.